The van der Waals surface area contributed by atoms with Crippen LogP contribution >= 0.6 is 11.8 Å². The van der Waals surface area contributed by atoms with Gasteiger partial charge in [-0.05, 0) is 6.42 Å². The zero-order chi connectivity index (χ0) is 13.1. The van der Waals surface area contributed by atoms with Crippen LogP contribution in [0.1, 0.15) is 20.3 Å². The largest absolute Gasteiger partial charge is 0.480 e. The third kappa shape index (κ3) is 3.35. The maximum atomic E-state index is 12.0. The summed E-state index contributed by atoms with van der Waals surface area (Å²) in [5, 5.41) is 8.49. The smallest absolute Gasteiger partial charge is 0.320 e. The van der Waals surface area contributed by atoms with E-state index >= 15 is 0 Å². The topological polar surface area (TPSA) is 74.7 Å². The lowest BCUT2D eigenvalue weighted by atomic mass is 10.2. The van der Waals surface area contributed by atoms with Crippen molar-refractivity contribution in [3.63, 3.8) is 0 Å². The Morgan fingerprint density at radius 3 is 2.65 bits per heavy atom. The van der Waals surface area contributed by atoms with Gasteiger partial charge in [0.15, 0.2) is 9.84 Å². The quantitative estimate of drug-likeness (QED) is 0.798. The number of thioether (sulfide) groups is 1. The summed E-state index contributed by atoms with van der Waals surface area (Å²) in [6.07, 6.45) is 0.426. The summed E-state index contributed by atoms with van der Waals surface area (Å²) in [4.78, 5) is 12.8. The van der Waals surface area contributed by atoms with Crippen LogP contribution < -0.4 is 0 Å². The molecule has 0 saturated carbocycles. The molecular formula is C10H19NO4S2. The Balaban J connectivity index is 2.97. The van der Waals surface area contributed by atoms with Crippen molar-refractivity contribution in [2.24, 2.45) is 0 Å². The zero-order valence-corrected chi connectivity index (χ0v) is 11.8. The predicted octanol–water partition coefficient (Wildman–Crippen LogP) is 0.659. The second-order valence-electron chi connectivity index (χ2n) is 3.98. The first-order valence-corrected chi connectivity index (χ1v) is 8.58. The van der Waals surface area contributed by atoms with Crippen LogP contribution in [0.5, 0.6) is 0 Å². The van der Waals surface area contributed by atoms with E-state index in [9.17, 15) is 13.2 Å². The third-order valence-electron chi connectivity index (χ3n) is 3.01. The standard InChI is InChI=1S/C10H19NO4S2/c1-3-8(10(12)13)11-5-6-16-7-9(11)17(14,15)4-2/h8-9H,3-7H2,1-2H3,(H,12,13). The van der Waals surface area contributed by atoms with E-state index in [1.165, 1.54) is 0 Å². The number of nitrogens with zero attached hydrogens (tertiary/aromatic N) is 1. The molecule has 1 fully saturated rings. The SMILES string of the molecule is CCC(C(=O)O)N1CCSCC1S(=O)(=O)CC. The minimum absolute atomic E-state index is 0.0603. The highest BCUT2D eigenvalue weighted by Crippen LogP contribution is 2.24. The molecule has 1 aliphatic rings. The highest BCUT2D eigenvalue weighted by Gasteiger charge is 2.38. The minimum atomic E-state index is -3.22. The Morgan fingerprint density at radius 2 is 2.18 bits per heavy atom. The molecule has 0 spiro atoms. The molecule has 17 heavy (non-hydrogen) atoms. The van der Waals surface area contributed by atoms with Gasteiger partial charge in [0.25, 0.3) is 0 Å². The molecule has 0 aliphatic carbocycles. The van der Waals surface area contributed by atoms with Crippen molar-refractivity contribution in [1.29, 1.82) is 0 Å². The van der Waals surface area contributed by atoms with Crippen molar-refractivity contribution >= 4 is 27.6 Å². The Labute approximate surface area is 106 Å². The van der Waals surface area contributed by atoms with Crippen LogP contribution in [0.25, 0.3) is 0 Å². The van der Waals surface area contributed by atoms with Crippen molar-refractivity contribution in [1.82, 2.24) is 4.90 Å². The van der Waals surface area contributed by atoms with Crippen molar-refractivity contribution in [2.45, 2.75) is 31.7 Å². The van der Waals surface area contributed by atoms with E-state index in [0.717, 1.165) is 5.75 Å². The fourth-order valence-corrected chi connectivity index (χ4v) is 5.07. The van der Waals surface area contributed by atoms with Crippen molar-refractivity contribution in [3.8, 4) is 0 Å². The van der Waals surface area contributed by atoms with Crippen LogP contribution in [-0.2, 0) is 14.6 Å². The molecule has 0 amide bonds. The fraction of sp³-hybridized carbons (Fsp3) is 0.900. The van der Waals surface area contributed by atoms with Crippen molar-refractivity contribution in [3.05, 3.63) is 0 Å². The average molecular weight is 281 g/mol. The van der Waals surface area contributed by atoms with Gasteiger partial charge in [-0.3, -0.25) is 9.69 Å². The molecule has 1 saturated heterocycles. The Hall–Kier alpha value is -0.270. The van der Waals surface area contributed by atoms with Gasteiger partial charge in [-0.1, -0.05) is 13.8 Å². The molecule has 1 aliphatic heterocycles. The average Bonchev–Trinajstić information content (AvgIpc) is 2.30. The number of sulfone groups is 1. The molecule has 2 atom stereocenters. The summed E-state index contributed by atoms with van der Waals surface area (Å²) in [7, 11) is -3.22. The predicted molar refractivity (Wildman–Crippen MR) is 69.0 cm³/mol. The fourth-order valence-electron chi connectivity index (χ4n) is 2.00. The first kappa shape index (κ1) is 14.8. The number of carbonyl (C=O) groups is 1. The van der Waals surface area contributed by atoms with Crippen LogP contribution in [0.2, 0.25) is 0 Å². The van der Waals surface area contributed by atoms with Crippen LogP contribution in [-0.4, -0.2) is 59.6 Å². The van der Waals surface area contributed by atoms with E-state index in [4.69, 9.17) is 5.11 Å². The van der Waals surface area contributed by atoms with Gasteiger partial charge in [0, 0.05) is 23.8 Å². The molecule has 1 rings (SSSR count). The minimum Gasteiger partial charge on any atom is -0.480 e. The van der Waals surface area contributed by atoms with Crippen molar-refractivity contribution in [2.75, 3.05) is 23.8 Å². The molecule has 0 aromatic heterocycles. The number of hydrogen-bond donors (Lipinski definition) is 1. The summed E-state index contributed by atoms with van der Waals surface area (Å²) in [6, 6.07) is -0.692. The van der Waals surface area contributed by atoms with E-state index in [2.05, 4.69) is 0 Å². The monoisotopic (exact) mass is 281 g/mol. The molecule has 100 valence electrons. The maximum Gasteiger partial charge on any atom is 0.320 e. The molecular weight excluding hydrogens is 262 g/mol. The summed E-state index contributed by atoms with van der Waals surface area (Å²) >= 11 is 1.57. The Morgan fingerprint density at radius 1 is 1.53 bits per heavy atom. The van der Waals surface area contributed by atoms with Crippen LogP contribution in [0.15, 0.2) is 0 Å². The lowest BCUT2D eigenvalue weighted by molar-refractivity contribution is -0.143. The summed E-state index contributed by atoms with van der Waals surface area (Å²) in [5.74, 6) is 0.389. The van der Waals surface area contributed by atoms with Gasteiger partial charge < -0.3 is 5.11 Å². The third-order valence-corrected chi connectivity index (χ3v) is 6.32. The molecule has 0 aromatic rings. The van der Waals surface area contributed by atoms with Crippen LogP contribution in [0.4, 0.5) is 0 Å². The molecule has 5 nitrogen and oxygen atoms in total. The van der Waals surface area contributed by atoms with E-state index in [0.29, 0.717) is 18.7 Å². The van der Waals surface area contributed by atoms with E-state index in [1.54, 1.807) is 30.5 Å². The molecule has 0 radical (unpaired) electrons. The number of hydrogen-bond acceptors (Lipinski definition) is 5. The van der Waals surface area contributed by atoms with Gasteiger partial charge in [-0.25, -0.2) is 8.42 Å². The lowest BCUT2D eigenvalue weighted by Crippen LogP contribution is -2.54. The van der Waals surface area contributed by atoms with Gasteiger partial charge in [-0.2, -0.15) is 11.8 Å². The molecule has 1 N–H and O–H groups in total. The Bertz CT molecular complexity index is 369. The second-order valence-corrected chi connectivity index (χ2v) is 7.58. The number of carboxylic acids is 1. The molecule has 1 heterocycles. The van der Waals surface area contributed by atoms with Gasteiger partial charge in [0.2, 0.25) is 0 Å². The van der Waals surface area contributed by atoms with Crippen molar-refractivity contribution < 1.29 is 18.3 Å². The molecule has 0 aromatic carbocycles. The molecule has 2 unspecified atom stereocenters. The van der Waals surface area contributed by atoms with Gasteiger partial charge in [-0.15, -0.1) is 0 Å². The summed E-state index contributed by atoms with van der Waals surface area (Å²) in [5.41, 5.74) is 0. The first-order valence-electron chi connectivity index (χ1n) is 5.71. The number of aliphatic carboxylic acids is 1. The lowest BCUT2D eigenvalue weighted by Gasteiger charge is -2.38. The van der Waals surface area contributed by atoms with Gasteiger partial charge >= 0.3 is 5.97 Å². The highest BCUT2D eigenvalue weighted by atomic mass is 32.2. The molecule has 7 heteroatoms. The molecule has 0 bridgehead atoms. The normalized spacial score (nSPS) is 24.5. The summed E-state index contributed by atoms with van der Waals surface area (Å²) < 4.78 is 23.9. The Kier molecular flexibility index (Phi) is 5.27. The van der Waals surface area contributed by atoms with E-state index < -0.39 is 27.2 Å². The highest BCUT2D eigenvalue weighted by molar-refractivity contribution is 8.01. The first-order chi connectivity index (χ1) is 7.94. The van der Waals surface area contributed by atoms with Crippen LogP contribution in [0, 0.1) is 0 Å². The van der Waals surface area contributed by atoms with Crippen LogP contribution in [0.3, 0.4) is 0 Å². The van der Waals surface area contributed by atoms with Gasteiger partial charge in [0.05, 0.1) is 0 Å². The number of rotatable bonds is 5. The second kappa shape index (κ2) is 6.06. The van der Waals surface area contributed by atoms with E-state index in [-0.39, 0.29) is 5.75 Å². The van der Waals surface area contributed by atoms with Gasteiger partial charge in [0.1, 0.15) is 11.4 Å². The maximum absolute atomic E-state index is 12.0. The number of carboxylic acid groups (broad SMARTS) is 1. The zero-order valence-electron chi connectivity index (χ0n) is 10.1. The summed E-state index contributed by atoms with van der Waals surface area (Å²) in [6.45, 7) is 3.91. The van der Waals surface area contributed by atoms with E-state index in [1.807, 2.05) is 0 Å².